The Kier molecular flexibility index (Phi) is 4.20. The monoisotopic (exact) mass is 235 g/mol. The lowest BCUT2D eigenvalue weighted by atomic mass is 9.85. The van der Waals surface area contributed by atoms with Crippen molar-refractivity contribution in [3.8, 4) is 5.75 Å². The molecular formula is C13H21N3O. The molecule has 1 aromatic rings. The Morgan fingerprint density at radius 2 is 2.29 bits per heavy atom. The number of nitrogen functional groups attached to an aromatic ring is 1. The first kappa shape index (κ1) is 12.2. The predicted octanol–water partition coefficient (Wildman–Crippen LogP) is 2.71. The molecule has 2 rings (SSSR count). The molecule has 4 nitrogen and oxygen atoms in total. The van der Waals surface area contributed by atoms with Crippen LogP contribution in [0.1, 0.15) is 39.0 Å². The first-order chi connectivity index (χ1) is 8.33. The molecular weight excluding hydrogens is 214 g/mol. The Morgan fingerprint density at radius 3 is 3.06 bits per heavy atom. The van der Waals surface area contributed by atoms with Crippen molar-refractivity contribution in [2.75, 3.05) is 5.43 Å². The maximum absolute atomic E-state index is 6.07. The summed E-state index contributed by atoms with van der Waals surface area (Å²) in [6.45, 7) is 2.24. The van der Waals surface area contributed by atoms with Gasteiger partial charge in [-0.1, -0.05) is 13.3 Å². The van der Waals surface area contributed by atoms with Crippen LogP contribution >= 0.6 is 0 Å². The fraction of sp³-hybridized carbons (Fsp3) is 0.615. The van der Waals surface area contributed by atoms with E-state index in [1.807, 2.05) is 12.1 Å². The maximum Gasteiger partial charge on any atom is 0.143 e. The summed E-state index contributed by atoms with van der Waals surface area (Å²) in [5, 5.41) is 0. The lowest BCUT2D eigenvalue weighted by molar-refractivity contribution is 0.0904. The van der Waals surface area contributed by atoms with Crippen LogP contribution < -0.4 is 16.0 Å². The van der Waals surface area contributed by atoms with Crippen molar-refractivity contribution >= 4 is 5.82 Å². The second kappa shape index (κ2) is 5.87. The molecule has 0 aliphatic heterocycles. The summed E-state index contributed by atoms with van der Waals surface area (Å²) in [5.41, 5.74) is 2.54. The Balaban J connectivity index is 2.02. The summed E-state index contributed by atoms with van der Waals surface area (Å²) in [6.07, 6.45) is 8.31. The van der Waals surface area contributed by atoms with Crippen LogP contribution in [0.25, 0.3) is 0 Å². The minimum absolute atomic E-state index is 0.349. The molecule has 4 heteroatoms. The Morgan fingerprint density at radius 1 is 1.47 bits per heavy atom. The highest BCUT2D eigenvalue weighted by atomic mass is 16.5. The zero-order chi connectivity index (χ0) is 12.1. The van der Waals surface area contributed by atoms with Gasteiger partial charge in [0, 0.05) is 12.3 Å². The van der Waals surface area contributed by atoms with Gasteiger partial charge in [-0.2, -0.15) is 0 Å². The zero-order valence-electron chi connectivity index (χ0n) is 10.4. The third-order valence-corrected chi connectivity index (χ3v) is 3.53. The highest BCUT2D eigenvalue weighted by molar-refractivity contribution is 5.39. The van der Waals surface area contributed by atoms with Gasteiger partial charge in [0.05, 0.1) is 0 Å². The van der Waals surface area contributed by atoms with Gasteiger partial charge in [-0.15, -0.1) is 0 Å². The molecule has 1 aromatic heterocycles. The van der Waals surface area contributed by atoms with E-state index >= 15 is 0 Å². The van der Waals surface area contributed by atoms with E-state index in [1.165, 1.54) is 25.7 Å². The molecule has 0 aromatic carbocycles. The minimum atomic E-state index is 0.349. The smallest absolute Gasteiger partial charge is 0.143 e. The molecule has 1 heterocycles. The quantitative estimate of drug-likeness (QED) is 0.622. The summed E-state index contributed by atoms with van der Waals surface area (Å²) in [6, 6.07) is 3.74. The molecule has 1 aliphatic rings. The minimum Gasteiger partial charge on any atom is -0.490 e. The summed E-state index contributed by atoms with van der Waals surface area (Å²) in [7, 11) is 0. The number of ether oxygens (including phenoxy) is 1. The number of hydrogen-bond donors (Lipinski definition) is 2. The lowest BCUT2D eigenvalue weighted by Crippen LogP contribution is -2.29. The highest BCUT2D eigenvalue weighted by Gasteiger charge is 2.25. The summed E-state index contributed by atoms with van der Waals surface area (Å²) >= 11 is 0. The highest BCUT2D eigenvalue weighted by Crippen LogP contribution is 2.30. The van der Waals surface area contributed by atoms with E-state index in [1.54, 1.807) is 6.20 Å². The number of nitrogens with zero attached hydrogens (tertiary/aromatic N) is 1. The Hall–Kier alpha value is -1.29. The van der Waals surface area contributed by atoms with E-state index in [9.17, 15) is 0 Å². The zero-order valence-corrected chi connectivity index (χ0v) is 10.4. The van der Waals surface area contributed by atoms with Gasteiger partial charge in [0.2, 0.25) is 0 Å². The van der Waals surface area contributed by atoms with E-state index in [4.69, 9.17) is 10.6 Å². The van der Waals surface area contributed by atoms with E-state index in [-0.39, 0.29) is 0 Å². The molecule has 2 unspecified atom stereocenters. The molecule has 0 bridgehead atoms. The van der Waals surface area contributed by atoms with Gasteiger partial charge in [0.25, 0.3) is 0 Å². The predicted molar refractivity (Wildman–Crippen MR) is 68.7 cm³/mol. The number of aromatic nitrogens is 1. The van der Waals surface area contributed by atoms with E-state index in [2.05, 4.69) is 17.3 Å². The second-order valence-electron chi connectivity index (χ2n) is 4.63. The molecule has 2 atom stereocenters. The summed E-state index contributed by atoms with van der Waals surface area (Å²) in [4.78, 5) is 4.07. The van der Waals surface area contributed by atoms with Gasteiger partial charge >= 0.3 is 0 Å². The van der Waals surface area contributed by atoms with E-state index in [0.717, 1.165) is 12.2 Å². The Bertz CT molecular complexity index is 356. The number of anilines is 1. The fourth-order valence-electron chi connectivity index (χ4n) is 2.53. The van der Waals surface area contributed by atoms with Gasteiger partial charge in [-0.05, 0) is 37.7 Å². The van der Waals surface area contributed by atoms with Crippen molar-refractivity contribution in [1.29, 1.82) is 0 Å². The molecule has 94 valence electrons. The van der Waals surface area contributed by atoms with Crippen LogP contribution in [0.3, 0.4) is 0 Å². The molecule has 1 fully saturated rings. The van der Waals surface area contributed by atoms with Crippen LogP contribution in [0.5, 0.6) is 5.75 Å². The molecule has 3 N–H and O–H groups in total. The van der Waals surface area contributed by atoms with Crippen molar-refractivity contribution in [2.45, 2.75) is 45.1 Å². The number of hydrazine groups is 1. The average molecular weight is 235 g/mol. The third kappa shape index (κ3) is 3.09. The Labute approximate surface area is 103 Å². The van der Waals surface area contributed by atoms with Gasteiger partial charge in [-0.3, -0.25) is 0 Å². The molecule has 1 saturated carbocycles. The van der Waals surface area contributed by atoms with Crippen LogP contribution in [0.15, 0.2) is 18.3 Å². The third-order valence-electron chi connectivity index (χ3n) is 3.53. The largest absolute Gasteiger partial charge is 0.490 e. The number of nitrogens with one attached hydrogen (secondary N) is 1. The van der Waals surface area contributed by atoms with Crippen LogP contribution in [0, 0.1) is 5.92 Å². The summed E-state index contributed by atoms with van der Waals surface area (Å²) < 4.78 is 6.07. The first-order valence-corrected chi connectivity index (χ1v) is 6.42. The van der Waals surface area contributed by atoms with Crippen LogP contribution in [0.2, 0.25) is 0 Å². The van der Waals surface area contributed by atoms with Gasteiger partial charge in [-0.25, -0.2) is 10.8 Å². The number of rotatable bonds is 4. The second-order valence-corrected chi connectivity index (χ2v) is 4.63. The number of nitrogens with two attached hydrogens (primary N) is 1. The van der Waals surface area contributed by atoms with Crippen LogP contribution in [-0.4, -0.2) is 11.1 Å². The number of pyridine rings is 1. The number of hydrogen-bond acceptors (Lipinski definition) is 4. The lowest BCUT2D eigenvalue weighted by Gasteiger charge is -2.31. The van der Waals surface area contributed by atoms with Crippen molar-refractivity contribution in [3.63, 3.8) is 0 Å². The first-order valence-electron chi connectivity index (χ1n) is 6.42. The molecule has 1 aliphatic carbocycles. The van der Waals surface area contributed by atoms with Gasteiger partial charge < -0.3 is 10.2 Å². The van der Waals surface area contributed by atoms with Crippen LogP contribution in [-0.2, 0) is 0 Å². The normalized spacial score (nSPS) is 24.4. The molecule has 0 amide bonds. The van der Waals surface area contributed by atoms with Crippen molar-refractivity contribution in [1.82, 2.24) is 4.98 Å². The average Bonchev–Trinajstić information content (AvgIpc) is 2.39. The molecule has 0 spiro atoms. The van der Waals surface area contributed by atoms with Crippen molar-refractivity contribution in [3.05, 3.63) is 18.3 Å². The van der Waals surface area contributed by atoms with Gasteiger partial charge in [0.15, 0.2) is 0 Å². The summed E-state index contributed by atoms with van der Waals surface area (Å²) in [5.74, 6) is 7.53. The topological polar surface area (TPSA) is 60.2 Å². The van der Waals surface area contributed by atoms with E-state index in [0.29, 0.717) is 17.8 Å². The molecule has 0 saturated heterocycles. The standard InChI is InChI=1S/C13H21N3O/c1-2-10-5-3-4-6-12(10)17-11-7-8-15-13(9-11)16-14/h7-10,12H,2-6,14H2,1H3,(H,15,16). The van der Waals surface area contributed by atoms with Crippen LogP contribution in [0.4, 0.5) is 5.82 Å². The van der Waals surface area contributed by atoms with E-state index < -0.39 is 0 Å². The van der Waals surface area contributed by atoms with Crippen molar-refractivity contribution < 1.29 is 4.74 Å². The SMILES string of the molecule is CCC1CCCCC1Oc1ccnc(NN)c1. The fourth-order valence-corrected chi connectivity index (χ4v) is 2.53. The molecule has 17 heavy (non-hydrogen) atoms. The molecule has 0 radical (unpaired) electrons. The van der Waals surface area contributed by atoms with Gasteiger partial charge in [0.1, 0.15) is 17.7 Å². The maximum atomic E-state index is 6.07. The van der Waals surface area contributed by atoms with Crippen molar-refractivity contribution in [2.24, 2.45) is 11.8 Å².